The number of hydrogen-bond donors (Lipinski definition) is 1. The number of pyridine rings is 2. The van der Waals surface area contributed by atoms with Crippen molar-refractivity contribution >= 4 is 23.4 Å². The maximum absolute atomic E-state index is 15.8. The molecule has 0 aromatic carbocycles. The van der Waals surface area contributed by atoms with Crippen LogP contribution in [0, 0.1) is 0 Å². The first-order chi connectivity index (χ1) is 17.1. The second-order valence-corrected chi connectivity index (χ2v) is 9.26. The molecule has 4 rings (SSSR count). The second kappa shape index (κ2) is 10.5. The summed E-state index contributed by atoms with van der Waals surface area (Å²) in [5.74, 6) is -2.08. The van der Waals surface area contributed by atoms with E-state index in [9.17, 15) is 13.6 Å². The Labute approximate surface area is 212 Å². The van der Waals surface area contributed by atoms with E-state index in [-0.39, 0.29) is 54.4 Å². The molecule has 0 aliphatic carbocycles. The zero-order chi connectivity index (χ0) is 25.9. The highest BCUT2D eigenvalue weighted by atomic mass is 35.5. The van der Waals surface area contributed by atoms with Crippen molar-refractivity contribution in [2.45, 2.75) is 57.5 Å². The van der Waals surface area contributed by atoms with Gasteiger partial charge in [0.05, 0.1) is 10.7 Å². The molecule has 1 aliphatic heterocycles. The van der Waals surface area contributed by atoms with Crippen molar-refractivity contribution < 1.29 is 22.5 Å². The van der Waals surface area contributed by atoms with E-state index in [1.807, 2.05) is 13.0 Å². The molecule has 1 aliphatic rings. The van der Waals surface area contributed by atoms with Gasteiger partial charge in [-0.05, 0) is 24.6 Å². The number of aromatic nitrogens is 3. The van der Waals surface area contributed by atoms with Gasteiger partial charge < -0.3 is 9.42 Å². The number of alkyl halides is 3. The fourth-order valence-corrected chi connectivity index (χ4v) is 4.43. The molecule has 192 valence electrons. The minimum atomic E-state index is -2.98. The van der Waals surface area contributed by atoms with Crippen LogP contribution in [0.3, 0.4) is 0 Å². The number of nitrogens with zero attached hydrogens (tertiary/aromatic N) is 4. The summed E-state index contributed by atoms with van der Waals surface area (Å²) in [5, 5.41) is 6.79. The third-order valence-electron chi connectivity index (χ3n) is 6.32. The summed E-state index contributed by atoms with van der Waals surface area (Å²) in [6.45, 7) is 3.67. The summed E-state index contributed by atoms with van der Waals surface area (Å²) in [6.07, 6.45) is 3.92. The minimum absolute atomic E-state index is 0.00613. The molecule has 1 fully saturated rings. The van der Waals surface area contributed by atoms with Crippen LogP contribution in [-0.4, -0.2) is 39.1 Å². The highest BCUT2D eigenvalue weighted by molar-refractivity contribution is 6.31. The van der Waals surface area contributed by atoms with Gasteiger partial charge in [0.1, 0.15) is 17.3 Å². The van der Waals surface area contributed by atoms with E-state index in [0.717, 1.165) is 24.8 Å². The van der Waals surface area contributed by atoms with Gasteiger partial charge in [0.25, 0.3) is 5.92 Å². The topological polar surface area (TPSA) is 84.2 Å². The monoisotopic (exact) mass is 521 g/mol. The molecule has 3 aromatic rings. The third-order valence-corrected chi connectivity index (χ3v) is 6.61. The quantitative estimate of drug-likeness (QED) is 0.372. The lowest BCUT2D eigenvalue weighted by Gasteiger charge is -2.36. The number of anilines is 1. The molecule has 0 radical (unpaired) electrons. The Morgan fingerprint density at radius 1 is 1.19 bits per heavy atom. The number of amides is 2. The summed E-state index contributed by atoms with van der Waals surface area (Å²) in [7, 11) is 0. The van der Waals surface area contributed by atoms with E-state index < -0.39 is 17.6 Å². The standard InChI is InChI=1S/C25H27ClF3N5O2/c1-3-5-18-13-20(33-36-18)16-12-19(26)22(31-14-16)24(27)8-10-34(11-9-24)23(35)32-21-7-6-17(15-30-21)25(28,29)4-2/h6-7,12-15H,3-5,8-11H2,1-2H3,(H,30,32,35). The summed E-state index contributed by atoms with van der Waals surface area (Å²) >= 11 is 6.42. The molecule has 2 amide bonds. The maximum Gasteiger partial charge on any atom is 0.323 e. The molecule has 0 bridgehead atoms. The van der Waals surface area contributed by atoms with E-state index in [2.05, 4.69) is 20.4 Å². The Morgan fingerprint density at radius 2 is 1.94 bits per heavy atom. The molecule has 7 nitrogen and oxygen atoms in total. The number of hydrogen-bond acceptors (Lipinski definition) is 5. The summed E-state index contributed by atoms with van der Waals surface area (Å²) in [6, 6.07) is 5.51. The second-order valence-electron chi connectivity index (χ2n) is 8.86. The van der Waals surface area contributed by atoms with Crippen LogP contribution in [0.25, 0.3) is 11.3 Å². The number of urea groups is 1. The van der Waals surface area contributed by atoms with E-state index in [1.165, 1.54) is 30.2 Å². The van der Waals surface area contributed by atoms with Crippen LogP contribution < -0.4 is 5.32 Å². The molecule has 3 aromatic heterocycles. The number of halogens is 4. The Kier molecular flexibility index (Phi) is 7.54. The van der Waals surface area contributed by atoms with Crippen LogP contribution in [0.15, 0.2) is 41.2 Å². The molecular formula is C25H27ClF3N5O2. The van der Waals surface area contributed by atoms with Gasteiger partial charge in [-0.2, -0.15) is 0 Å². The van der Waals surface area contributed by atoms with Crippen molar-refractivity contribution in [2.24, 2.45) is 0 Å². The lowest BCUT2D eigenvalue weighted by Crippen LogP contribution is -2.45. The average molecular weight is 522 g/mol. The van der Waals surface area contributed by atoms with E-state index >= 15 is 4.39 Å². The Hall–Kier alpha value is -3.14. The number of rotatable bonds is 7. The SMILES string of the molecule is CCCc1cc(-c2cnc(C3(F)CCN(C(=O)Nc4ccc(C(F)(F)CC)cn4)CC3)c(Cl)c2)no1. The van der Waals surface area contributed by atoms with Gasteiger partial charge in [0.2, 0.25) is 0 Å². The highest BCUT2D eigenvalue weighted by Gasteiger charge is 2.40. The fraction of sp³-hybridized carbons (Fsp3) is 0.440. The summed E-state index contributed by atoms with van der Waals surface area (Å²) in [5.41, 5.74) is -0.679. The molecule has 0 spiro atoms. The molecule has 0 unspecified atom stereocenters. The van der Waals surface area contributed by atoms with Crippen LogP contribution in [0.2, 0.25) is 5.02 Å². The molecular weight excluding hydrogens is 495 g/mol. The number of nitrogens with one attached hydrogen (secondary N) is 1. The van der Waals surface area contributed by atoms with Crippen LogP contribution >= 0.6 is 11.6 Å². The van der Waals surface area contributed by atoms with Gasteiger partial charge in [-0.3, -0.25) is 10.3 Å². The maximum atomic E-state index is 15.8. The van der Waals surface area contributed by atoms with Crippen molar-refractivity contribution in [1.82, 2.24) is 20.0 Å². The minimum Gasteiger partial charge on any atom is -0.361 e. The molecule has 0 atom stereocenters. The molecule has 1 saturated heterocycles. The van der Waals surface area contributed by atoms with Crippen LogP contribution in [-0.2, 0) is 18.0 Å². The first-order valence-electron chi connectivity index (χ1n) is 11.9. The van der Waals surface area contributed by atoms with E-state index in [4.69, 9.17) is 16.1 Å². The lowest BCUT2D eigenvalue weighted by atomic mass is 9.89. The first kappa shape index (κ1) is 25.9. The third kappa shape index (κ3) is 5.48. The number of piperidine rings is 1. The van der Waals surface area contributed by atoms with Crippen molar-refractivity contribution in [1.29, 1.82) is 0 Å². The van der Waals surface area contributed by atoms with E-state index in [0.29, 0.717) is 11.3 Å². The smallest absolute Gasteiger partial charge is 0.323 e. The zero-order valence-corrected chi connectivity index (χ0v) is 20.8. The van der Waals surface area contributed by atoms with Gasteiger partial charge >= 0.3 is 6.03 Å². The Balaban J connectivity index is 1.38. The number of carbonyl (C=O) groups excluding carboxylic acids is 1. The molecule has 4 heterocycles. The predicted octanol–water partition coefficient (Wildman–Crippen LogP) is 6.73. The molecule has 36 heavy (non-hydrogen) atoms. The van der Waals surface area contributed by atoms with Crippen molar-refractivity contribution in [3.05, 3.63) is 58.7 Å². The molecule has 11 heteroatoms. The van der Waals surface area contributed by atoms with E-state index in [1.54, 1.807) is 6.07 Å². The average Bonchev–Trinajstić information content (AvgIpc) is 3.33. The fourth-order valence-electron chi connectivity index (χ4n) is 4.10. The van der Waals surface area contributed by atoms with Gasteiger partial charge in [-0.25, -0.2) is 22.9 Å². The van der Waals surface area contributed by atoms with Crippen LogP contribution in [0.4, 0.5) is 23.8 Å². The number of carbonyl (C=O) groups is 1. The Bertz CT molecular complexity index is 1210. The first-order valence-corrected chi connectivity index (χ1v) is 12.2. The lowest BCUT2D eigenvalue weighted by molar-refractivity contribution is -0.00858. The molecule has 0 saturated carbocycles. The van der Waals surface area contributed by atoms with Crippen molar-refractivity contribution in [3.8, 4) is 11.3 Å². The van der Waals surface area contributed by atoms with Gasteiger partial charge in [-0.1, -0.05) is 30.6 Å². The van der Waals surface area contributed by atoms with Crippen LogP contribution in [0.5, 0.6) is 0 Å². The Morgan fingerprint density at radius 3 is 2.56 bits per heavy atom. The van der Waals surface area contributed by atoms with Gasteiger partial charge in [-0.15, -0.1) is 0 Å². The van der Waals surface area contributed by atoms with Crippen molar-refractivity contribution in [2.75, 3.05) is 18.4 Å². The summed E-state index contributed by atoms with van der Waals surface area (Å²) in [4.78, 5) is 22.3. The van der Waals surface area contributed by atoms with Crippen LogP contribution in [0.1, 0.15) is 56.5 Å². The molecule has 1 N–H and O–H groups in total. The van der Waals surface area contributed by atoms with Crippen molar-refractivity contribution in [3.63, 3.8) is 0 Å². The van der Waals surface area contributed by atoms with Gasteiger partial charge in [0, 0.05) is 68.4 Å². The number of likely N-dealkylation sites (tertiary alicyclic amines) is 1. The summed E-state index contributed by atoms with van der Waals surface area (Å²) < 4.78 is 48.6. The zero-order valence-electron chi connectivity index (χ0n) is 20.0. The normalized spacial score (nSPS) is 15.7. The largest absolute Gasteiger partial charge is 0.361 e. The number of aryl methyl sites for hydroxylation is 1. The van der Waals surface area contributed by atoms with Gasteiger partial charge in [0.15, 0.2) is 5.67 Å². The predicted molar refractivity (Wildman–Crippen MR) is 130 cm³/mol. The highest BCUT2D eigenvalue weighted by Crippen LogP contribution is 2.40.